The van der Waals surface area contributed by atoms with E-state index >= 15 is 0 Å². The van der Waals surface area contributed by atoms with Gasteiger partial charge in [0.05, 0.1) is 0 Å². The minimum atomic E-state index is 0.0669. The summed E-state index contributed by atoms with van der Waals surface area (Å²) in [6.07, 6.45) is 8.43. The highest BCUT2D eigenvalue weighted by atomic mass is 79.9. The van der Waals surface area contributed by atoms with Gasteiger partial charge in [0.15, 0.2) is 6.29 Å². The summed E-state index contributed by atoms with van der Waals surface area (Å²) in [4.78, 5) is 2.32. The molecule has 4 heteroatoms. The smallest absolute Gasteiger partial charge is 0.157 e. The zero-order valence-corrected chi connectivity index (χ0v) is 15.2. The molecule has 3 nitrogen and oxygen atoms in total. The van der Waals surface area contributed by atoms with E-state index in [1.165, 1.54) is 37.8 Å². The Labute approximate surface area is 143 Å². The highest BCUT2D eigenvalue weighted by Gasteiger charge is 2.13. The molecular weight excluding hydrogens is 342 g/mol. The van der Waals surface area contributed by atoms with Crippen LogP contribution in [0.1, 0.15) is 44.9 Å². The van der Waals surface area contributed by atoms with Crippen molar-refractivity contribution in [1.29, 1.82) is 0 Å². The first-order valence-corrected chi connectivity index (χ1v) is 9.25. The fourth-order valence-corrected chi connectivity index (χ4v) is 2.95. The number of halogens is 1. The van der Waals surface area contributed by atoms with E-state index < -0.39 is 0 Å². The summed E-state index contributed by atoms with van der Waals surface area (Å²) in [7, 11) is 2.16. The van der Waals surface area contributed by atoms with E-state index in [0.29, 0.717) is 0 Å². The lowest BCUT2D eigenvalue weighted by Crippen LogP contribution is -2.22. The zero-order valence-electron chi connectivity index (χ0n) is 13.6. The molecule has 1 aliphatic heterocycles. The van der Waals surface area contributed by atoms with Gasteiger partial charge in [0.2, 0.25) is 0 Å². The van der Waals surface area contributed by atoms with Crippen LogP contribution in [0, 0.1) is 0 Å². The van der Waals surface area contributed by atoms with Crippen LogP contribution in [0.3, 0.4) is 0 Å². The second-order valence-electron chi connectivity index (χ2n) is 5.98. The van der Waals surface area contributed by atoms with Gasteiger partial charge in [-0.3, -0.25) is 0 Å². The van der Waals surface area contributed by atoms with Crippen LogP contribution in [0.5, 0.6) is 0 Å². The van der Waals surface area contributed by atoms with E-state index in [9.17, 15) is 0 Å². The van der Waals surface area contributed by atoms with Crippen molar-refractivity contribution in [2.24, 2.45) is 0 Å². The second kappa shape index (κ2) is 10.2. The number of hydrogen-bond donors (Lipinski definition) is 0. The molecule has 1 heterocycles. The van der Waals surface area contributed by atoms with Gasteiger partial charge in [0.25, 0.3) is 0 Å². The molecule has 1 aliphatic rings. The van der Waals surface area contributed by atoms with Gasteiger partial charge in [0.1, 0.15) is 0 Å². The molecule has 0 radical (unpaired) electrons. The number of rotatable bonds is 9. The molecule has 0 spiro atoms. The van der Waals surface area contributed by atoms with Gasteiger partial charge in [-0.25, -0.2) is 0 Å². The van der Waals surface area contributed by atoms with Gasteiger partial charge in [-0.05, 0) is 56.4 Å². The molecule has 0 amide bonds. The number of anilines is 1. The molecule has 0 saturated carbocycles. The lowest BCUT2D eigenvalue weighted by molar-refractivity contribution is -0.162. The van der Waals surface area contributed by atoms with E-state index in [-0.39, 0.29) is 6.29 Å². The summed E-state index contributed by atoms with van der Waals surface area (Å²) in [5.41, 5.74) is 1.28. The summed E-state index contributed by atoms with van der Waals surface area (Å²) < 4.78 is 12.4. The molecule has 1 atom stereocenters. The van der Waals surface area contributed by atoms with Crippen LogP contribution in [-0.2, 0) is 9.47 Å². The third-order valence-electron chi connectivity index (χ3n) is 4.10. The van der Waals surface area contributed by atoms with Crippen LogP contribution < -0.4 is 4.90 Å². The fourth-order valence-electron chi connectivity index (χ4n) is 2.69. The van der Waals surface area contributed by atoms with E-state index in [0.717, 1.165) is 37.1 Å². The SMILES string of the molecule is CN(CCCCCCOC1CCCCO1)c1ccc(Br)cc1. The van der Waals surface area contributed by atoms with Crippen molar-refractivity contribution >= 4 is 21.6 Å². The van der Waals surface area contributed by atoms with Gasteiger partial charge in [0, 0.05) is 37.0 Å². The quantitative estimate of drug-likeness (QED) is 0.572. The van der Waals surface area contributed by atoms with E-state index in [1.54, 1.807) is 0 Å². The Kier molecular flexibility index (Phi) is 8.27. The summed E-state index contributed by atoms with van der Waals surface area (Å²) in [5.74, 6) is 0. The average Bonchev–Trinajstić information content (AvgIpc) is 2.55. The highest BCUT2D eigenvalue weighted by Crippen LogP contribution is 2.18. The number of benzene rings is 1. The zero-order chi connectivity index (χ0) is 15.6. The number of unbranched alkanes of at least 4 members (excludes halogenated alkanes) is 3. The Morgan fingerprint density at radius 1 is 1.14 bits per heavy atom. The first kappa shape index (κ1) is 17.8. The standard InChI is InChI=1S/C18H28BrNO2/c1-20(17-11-9-16(19)10-12-17)13-5-2-3-6-14-21-18-8-4-7-15-22-18/h9-12,18H,2-8,13-15H2,1H3. The maximum atomic E-state index is 5.75. The molecule has 124 valence electrons. The van der Waals surface area contributed by atoms with E-state index in [1.807, 2.05) is 0 Å². The molecule has 2 rings (SSSR count). The topological polar surface area (TPSA) is 21.7 Å². The minimum absolute atomic E-state index is 0.0669. The Morgan fingerprint density at radius 3 is 2.64 bits per heavy atom. The third-order valence-corrected chi connectivity index (χ3v) is 4.63. The lowest BCUT2D eigenvalue weighted by atomic mass is 10.2. The normalized spacial score (nSPS) is 18.4. The molecule has 1 fully saturated rings. The van der Waals surface area contributed by atoms with Crippen molar-refractivity contribution in [3.8, 4) is 0 Å². The van der Waals surface area contributed by atoms with Gasteiger partial charge < -0.3 is 14.4 Å². The fraction of sp³-hybridized carbons (Fsp3) is 0.667. The molecule has 0 aromatic heterocycles. The van der Waals surface area contributed by atoms with Gasteiger partial charge in [-0.15, -0.1) is 0 Å². The number of nitrogens with zero attached hydrogens (tertiary/aromatic N) is 1. The molecule has 1 saturated heterocycles. The van der Waals surface area contributed by atoms with Crippen molar-refractivity contribution < 1.29 is 9.47 Å². The Bertz CT molecular complexity index is 404. The molecule has 0 bridgehead atoms. The van der Waals surface area contributed by atoms with E-state index in [4.69, 9.17) is 9.47 Å². The molecular formula is C18H28BrNO2. The molecule has 0 N–H and O–H groups in total. The molecule has 0 aliphatic carbocycles. The van der Waals surface area contributed by atoms with Crippen LogP contribution in [0.25, 0.3) is 0 Å². The predicted molar refractivity (Wildman–Crippen MR) is 95.4 cm³/mol. The Hall–Kier alpha value is -0.580. The van der Waals surface area contributed by atoms with Crippen molar-refractivity contribution in [3.05, 3.63) is 28.7 Å². The lowest BCUT2D eigenvalue weighted by Gasteiger charge is -2.22. The molecule has 1 unspecified atom stereocenters. The van der Waals surface area contributed by atoms with Crippen LogP contribution in [0.15, 0.2) is 28.7 Å². The van der Waals surface area contributed by atoms with Crippen molar-refractivity contribution in [1.82, 2.24) is 0 Å². The largest absolute Gasteiger partial charge is 0.375 e. The van der Waals surface area contributed by atoms with Gasteiger partial charge >= 0.3 is 0 Å². The van der Waals surface area contributed by atoms with Gasteiger partial charge in [-0.2, -0.15) is 0 Å². The molecule has 1 aromatic rings. The number of hydrogen-bond acceptors (Lipinski definition) is 3. The van der Waals surface area contributed by atoms with Crippen molar-refractivity contribution in [2.75, 3.05) is 31.7 Å². The highest BCUT2D eigenvalue weighted by molar-refractivity contribution is 9.10. The third kappa shape index (κ3) is 6.67. The van der Waals surface area contributed by atoms with E-state index in [2.05, 4.69) is 52.1 Å². The summed E-state index contributed by atoms with van der Waals surface area (Å²) in [6.45, 7) is 2.81. The van der Waals surface area contributed by atoms with Crippen molar-refractivity contribution in [3.63, 3.8) is 0 Å². The summed E-state index contributed by atoms with van der Waals surface area (Å²) in [5, 5.41) is 0. The first-order chi connectivity index (χ1) is 10.8. The average molecular weight is 370 g/mol. The maximum Gasteiger partial charge on any atom is 0.157 e. The van der Waals surface area contributed by atoms with Crippen LogP contribution in [-0.4, -0.2) is 33.1 Å². The molecule has 22 heavy (non-hydrogen) atoms. The Balaban J connectivity index is 1.47. The summed E-state index contributed by atoms with van der Waals surface area (Å²) in [6, 6.07) is 8.50. The van der Waals surface area contributed by atoms with Gasteiger partial charge in [-0.1, -0.05) is 28.8 Å². The van der Waals surface area contributed by atoms with Crippen molar-refractivity contribution in [2.45, 2.75) is 51.2 Å². The predicted octanol–water partition coefficient (Wildman–Crippen LogP) is 4.99. The monoisotopic (exact) mass is 369 g/mol. The van der Waals surface area contributed by atoms with Crippen LogP contribution in [0.2, 0.25) is 0 Å². The number of ether oxygens (including phenoxy) is 2. The first-order valence-electron chi connectivity index (χ1n) is 8.45. The minimum Gasteiger partial charge on any atom is -0.375 e. The summed E-state index contributed by atoms with van der Waals surface area (Å²) >= 11 is 3.47. The maximum absolute atomic E-state index is 5.75. The van der Waals surface area contributed by atoms with Crippen LogP contribution in [0.4, 0.5) is 5.69 Å². The Morgan fingerprint density at radius 2 is 1.91 bits per heavy atom. The van der Waals surface area contributed by atoms with Crippen LogP contribution >= 0.6 is 15.9 Å². The molecule has 1 aromatic carbocycles. The second-order valence-corrected chi connectivity index (χ2v) is 6.89.